The van der Waals surface area contributed by atoms with Gasteiger partial charge in [-0.1, -0.05) is 11.6 Å². The first-order valence-electron chi connectivity index (χ1n) is 6.29. The van der Waals surface area contributed by atoms with Gasteiger partial charge in [-0.15, -0.1) is 0 Å². The van der Waals surface area contributed by atoms with Crippen LogP contribution in [0.3, 0.4) is 0 Å². The molecule has 0 unspecified atom stereocenters. The molecule has 0 radical (unpaired) electrons. The van der Waals surface area contributed by atoms with Gasteiger partial charge in [-0.25, -0.2) is 9.78 Å². The van der Waals surface area contributed by atoms with E-state index in [1.807, 2.05) is 0 Å². The van der Waals surface area contributed by atoms with Gasteiger partial charge in [0, 0.05) is 18.3 Å². The van der Waals surface area contributed by atoms with Crippen LogP contribution < -0.4 is 10.0 Å². The highest BCUT2D eigenvalue weighted by Crippen LogP contribution is 2.10. The van der Waals surface area contributed by atoms with Gasteiger partial charge in [-0.05, 0) is 25.1 Å². The van der Waals surface area contributed by atoms with E-state index in [2.05, 4.69) is 10.3 Å². The molecule has 0 aliphatic carbocycles. The monoisotopic (exact) mass is 321 g/mol. The molecule has 0 aliphatic rings. The maximum absolute atomic E-state index is 11.9. The first kappa shape index (κ1) is 15.7. The van der Waals surface area contributed by atoms with Crippen LogP contribution in [0, 0.1) is 5.21 Å². The summed E-state index contributed by atoms with van der Waals surface area (Å²) in [6, 6.07) is 7.38. The predicted molar refractivity (Wildman–Crippen MR) is 78.2 cm³/mol. The summed E-state index contributed by atoms with van der Waals surface area (Å²) in [5, 5.41) is 14.3. The van der Waals surface area contributed by atoms with Gasteiger partial charge in [-0.3, -0.25) is 4.79 Å². The molecule has 2 aromatic rings. The molecule has 2 heterocycles. The van der Waals surface area contributed by atoms with Crippen molar-refractivity contribution in [3.63, 3.8) is 0 Å². The fraction of sp³-hybridized carbons (Fsp3) is 0.143. The molecule has 2 aromatic heterocycles. The van der Waals surface area contributed by atoms with Crippen molar-refractivity contribution < 1.29 is 19.1 Å². The van der Waals surface area contributed by atoms with Crippen molar-refractivity contribution in [1.29, 1.82) is 0 Å². The highest BCUT2D eigenvalue weighted by Gasteiger charge is 2.23. The van der Waals surface area contributed by atoms with Gasteiger partial charge in [0.05, 0.1) is 5.02 Å². The number of carbonyl (C=O) groups is 2. The average molecular weight is 322 g/mol. The molecule has 1 N–H and O–H groups in total. The Bertz CT molecular complexity index is 691. The minimum atomic E-state index is -1.09. The second-order valence-corrected chi connectivity index (χ2v) is 4.75. The summed E-state index contributed by atoms with van der Waals surface area (Å²) in [6.45, 7) is 1.39. The molecule has 0 fully saturated rings. The second kappa shape index (κ2) is 6.86. The van der Waals surface area contributed by atoms with Gasteiger partial charge >= 0.3 is 11.7 Å². The number of hydrogen-bond donors (Lipinski definition) is 1. The fourth-order valence-electron chi connectivity index (χ4n) is 1.54. The zero-order valence-corrected chi connectivity index (χ0v) is 12.3. The largest absolute Gasteiger partial charge is 0.618 e. The van der Waals surface area contributed by atoms with Crippen molar-refractivity contribution in [1.82, 2.24) is 4.98 Å². The molecule has 114 valence electrons. The molecule has 1 atom stereocenters. The molecular formula is C14H12ClN3O4. The Morgan fingerprint density at radius 3 is 2.77 bits per heavy atom. The molecule has 0 saturated carbocycles. The zero-order valence-electron chi connectivity index (χ0n) is 11.5. The third-order valence-electron chi connectivity index (χ3n) is 2.66. The molecule has 22 heavy (non-hydrogen) atoms. The number of carbonyl (C=O) groups excluding carboxylic acids is 2. The lowest BCUT2D eigenvalue weighted by molar-refractivity contribution is -0.608. The van der Waals surface area contributed by atoms with Crippen molar-refractivity contribution >= 4 is 29.3 Å². The third kappa shape index (κ3) is 3.92. The van der Waals surface area contributed by atoms with Crippen LogP contribution in [0.5, 0.6) is 0 Å². The molecule has 2 rings (SSSR count). The van der Waals surface area contributed by atoms with E-state index in [1.54, 1.807) is 6.07 Å². The molecule has 8 heteroatoms. The maximum Gasteiger partial charge on any atom is 0.405 e. The number of ether oxygens (including phenoxy) is 1. The number of halogens is 1. The van der Waals surface area contributed by atoms with Crippen LogP contribution in [-0.2, 0) is 9.53 Å². The highest BCUT2D eigenvalue weighted by atomic mass is 35.5. The van der Waals surface area contributed by atoms with Crippen LogP contribution in [0.15, 0.2) is 42.7 Å². The standard InChI is InChI=1S/C14H12ClN3O4/c1-9(13(19)17-12-6-5-10(15)8-16-12)22-14(20)11-4-2-3-7-18(11)21/h2-9H,1H3,(H,16,17,19)/t9-/m1/s1. The second-order valence-electron chi connectivity index (χ2n) is 4.31. The number of pyridine rings is 2. The Kier molecular flexibility index (Phi) is 4.90. The Labute approximate surface area is 131 Å². The van der Waals surface area contributed by atoms with Gasteiger partial charge in [0.15, 0.2) is 12.3 Å². The lowest BCUT2D eigenvalue weighted by Gasteiger charge is -2.12. The number of hydrogen-bond acceptors (Lipinski definition) is 5. The van der Waals surface area contributed by atoms with Crippen molar-refractivity contribution in [2.24, 2.45) is 0 Å². The number of anilines is 1. The van der Waals surface area contributed by atoms with Gasteiger partial charge in [0.1, 0.15) is 5.82 Å². The fourth-order valence-corrected chi connectivity index (χ4v) is 1.65. The van der Waals surface area contributed by atoms with Crippen LogP contribution >= 0.6 is 11.6 Å². The van der Waals surface area contributed by atoms with E-state index < -0.39 is 18.0 Å². The molecule has 0 aliphatic heterocycles. The first-order valence-corrected chi connectivity index (χ1v) is 6.67. The quantitative estimate of drug-likeness (QED) is 0.523. The molecular weight excluding hydrogens is 310 g/mol. The normalized spacial score (nSPS) is 11.5. The van der Waals surface area contributed by atoms with E-state index in [0.717, 1.165) is 0 Å². The van der Waals surface area contributed by atoms with Gasteiger partial charge < -0.3 is 15.3 Å². The maximum atomic E-state index is 11.9. The van der Waals surface area contributed by atoms with Gasteiger partial charge in [-0.2, -0.15) is 4.73 Å². The van der Waals surface area contributed by atoms with Crippen LogP contribution in [0.2, 0.25) is 5.02 Å². The van der Waals surface area contributed by atoms with Crippen molar-refractivity contribution in [2.75, 3.05) is 5.32 Å². The van der Waals surface area contributed by atoms with Crippen LogP contribution in [0.4, 0.5) is 5.82 Å². The molecule has 0 aromatic carbocycles. The van der Waals surface area contributed by atoms with E-state index in [1.165, 1.54) is 43.6 Å². The average Bonchev–Trinajstić information content (AvgIpc) is 2.49. The predicted octanol–water partition coefficient (Wildman–Crippen LogP) is 1.55. The summed E-state index contributed by atoms with van der Waals surface area (Å²) in [5.41, 5.74) is -0.202. The topological polar surface area (TPSA) is 95.2 Å². The summed E-state index contributed by atoms with van der Waals surface area (Å²) >= 11 is 5.69. The lowest BCUT2D eigenvalue weighted by Crippen LogP contribution is -2.37. The van der Waals surface area contributed by atoms with E-state index in [9.17, 15) is 14.8 Å². The number of nitrogens with zero attached hydrogens (tertiary/aromatic N) is 2. The molecule has 1 amide bonds. The highest BCUT2D eigenvalue weighted by molar-refractivity contribution is 6.30. The summed E-state index contributed by atoms with van der Waals surface area (Å²) in [5.74, 6) is -1.19. The Balaban J connectivity index is 1.98. The molecule has 7 nitrogen and oxygen atoms in total. The number of aromatic nitrogens is 2. The van der Waals surface area contributed by atoms with E-state index in [0.29, 0.717) is 9.75 Å². The number of amides is 1. The molecule has 0 spiro atoms. The van der Waals surface area contributed by atoms with Crippen LogP contribution in [0.25, 0.3) is 0 Å². The van der Waals surface area contributed by atoms with Gasteiger partial charge in [0.25, 0.3) is 5.91 Å². The Morgan fingerprint density at radius 1 is 1.36 bits per heavy atom. The molecule has 0 saturated heterocycles. The van der Waals surface area contributed by atoms with Crippen molar-refractivity contribution in [3.8, 4) is 0 Å². The van der Waals surface area contributed by atoms with Gasteiger partial charge in [0.2, 0.25) is 0 Å². The Morgan fingerprint density at radius 2 is 2.14 bits per heavy atom. The van der Waals surface area contributed by atoms with Crippen molar-refractivity contribution in [2.45, 2.75) is 13.0 Å². The summed E-state index contributed by atoms with van der Waals surface area (Å²) in [7, 11) is 0. The minimum absolute atomic E-state index is 0.202. The summed E-state index contributed by atoms with van der Waals surface area (Å²) in [4.78, 5) is 27.6. The van der Waals surface area contributed by atoms with E-state index in [-0.39, 0.29) is 11.5 Å². The van der Waals surface area contributed by atoms with Crippen LogP contribution in [0.1, 0.15) is 17.4 Å². The SMILES string of the molecule is C[C@@H](OC(=O)c1cccc[n+]1[O-])C(=O)Nc1ccc(Cl)cn1. The van der Waals surface area contributed by atoms with E-state index >= 15 is 0 Å². The van der Waals surface area contributed by atoms with Crippen LogP contribution in [-0.4, -0.2) is 23.0 Å². The van der Waals surface area contributed by atoms with Crippen molar-refractivity contribution in [3.05, 3.63) is 58.6 Å². The minimum Gasteiger partial charge on any atom is -0.618 e. The number of esters is 1. The smallest absolute Gasteiger partial charge is 0.405 e. The lowest BCUT2D eigenvalue weighted by atomic mass is 10.3. The number of nitrogens with one attached hydrogen (secondary N) is 1. The summed E-state index contributed by atoms with van der Waals surface area (Å²) < 4.78 is 5.32. The Hall–Kier alpha value is -2.67. The molecule has 0 bridgehead atoms. The van der Waals surface area contributed by atoms with E-state index in [4.69, 9.17) is 16.3 Å². The third-order valence-corrected chi connectivity index (χ3v) is 2.89. The zero-order chi connectivity index (χ0) is 16.1. The first-order chi connectivity index (χ1) is 10.5. The number of rotatable bonds is 4. The summed E-state index contributed by atoms with van der Waals surface area (Å²) in [6.07, 6.45) is 1.45.